The summed E-state index contributed by atoms with van der Waals surface area (Å²) < 4.78 is 5.13. The number of nitrogens with one attached hydrogen (secondary N) is 2. The Morgan fingerprint density at radius 2 is 1.76 bits per heavy atom. The van der Waals surface area contributed by atoms with Gasteiger partial charge in [-0.05, 0) is 36.2 Å². The molecule has 3 rings (SSSR count). The summed E-state index contributed by atoms with van der Waals surface area (Å²) in [4.78, 5) is 32.0. The standard InChI is InChI=1S/C18H16N4O3/c23-16(14-4-2-1-3-5-14)22-18-21-15(12-25-18)17(24)20-11-8-13-6-9-19-10-7-13/h1-7,9-10,12H,8,11H2,(H,20,24)(H,21,22,23). The van der Waals surface area contributed by atoms with Crippen LogP contribution in [0.3, 0.4) is 0 Å². The number of nitrogens with zero attached hydrogens (tertiary/aromatic N) is 2. The Morgan fingerprint density at radius 1 is 1.00 bits per heavy atom. The summed E-state index contributed by atoms with van der Waals surface area (Å²) in [5.41, 5.74) is 1.66. The van der Waals surface area contributed by atoms with Crippen LogP contribution in [0.15, 0.2) is 65.5 Å². The smallest absolute Gasteiger partial charge is 0.302 e. The monoisotopic (exact) mass is 336 g/mol. The average Bonchev–Trinajstić information content (AvgIpc) is 3.12. The first-order chi connectivity index (χ1) is 12.2. The summed E-state index contributed by atoms with van der Waals surface area (Å²) >= 11 is 0. The maximum atomic E-state index is 12.0. The zero-order valence-corrected chi connectivity index (χ0v) is 13.3. The van der Waals surface area contributed by atoms with E-state index < -0.39 is 0 Å². The summed E-state index contributed by atoms with van der Waals surface area (Å²) in [6.07, 6.45) is 5.30. The molecule has 0 saturated heterocycles. The molecule has 0 aliphatic carbocycles. The third kappa shape index (κ3) is 4.51. The van der Waals surface area contributed by atoms with Crippen molar-refractivity contribution in [3.05, 3.63) is 77.9 Å². The van der Waals surface area contributed by atoms with Crippen LogP contribution in [0.4, 0.5) is 6.01 Å². The number of anilines is 1. The summed E-state index contributed by atoms with van der Waals surface area (Å²) in [5, 5.41) is 5.26. The molecule has 2 aromatic heterocycles. The molecular formula is C18H16N4O3. The lowest BCUT2D eigenvalue weighted by Crippen LogP contribution is -2.26. The van der Waals surface area contributed by atoms with Crippen LogP contribution in [0.25, 0.3) is 0 Å². The highest BCUT2D eigenvalue weighted by Crippen LogP contribution is 2.10. The van der Waals surface area contributed by atoms with Gasteiger partial charge < -0.3 is 9.73 Å². The lowest BCUT2D eigenvalue weighted by Gasteiger charge is -2.02. The van der Waals surface area contributed by atoms with E-state index in [1.807, 2.05) is 18.2 Å². The number of pyridine rings is 1. The maximum absolute atomic E-state index is 12.0. The molecule has 2 heterocycles. The van der Waals surface area contributed by atoms with Crippen LogP contribution in [0.2, 0.25) is 0 Å². The van der Waals surface area contributed by atoms with Gasteiger partial charge in [0.1, 0.15) is 6.26 Å². The fourth-order valence-electron chi connectivity index (χ4n) is 2.15. The zero-order chi connectivity index (χ0) is 17.5. The van der Waals surface area contributed by atoms with Gasteiger partial charge >= 0.3 is 6.01 Å². The summed E-state index contributed by atoms with van der Waals surface area (Å²) in [5.74, 6) is -0.717. The fraction of sp³-hybridized carbons (Fsp3) is 0.111. The van der Waals surface area contributed by atoms with Crippen LogP contribution >= 0.6 is 0 Å². The number of amides is 2. The van der Waals surface area contributed by atoms with Crippen molar-refractivity contribution in [1.82, 2.24) is 15.3 Å². The number of carbonyl (C=O) groups is 2. The van der Waals surface area contributed by atoms with Crippen molar-refractivity contribution in [2.75, 3.05) is 11.9 Å². The second-order valence-corrected chi connectivity index (χ2v) is 5.22. The largest absolute Gasteiger partial charge is 0.431 e. The summed E-state index contributed by atoms with van der Waals surface area (Å²) in [6.45, 7) is 0.460. The number of benzene rings is 1. The Hall–Kier alpha value is -3.48. The van der Waals surface area contributed by atoms with Gasteiger partial charge in [0.25, 0.3) is 11.8 Å². The molecule has 3 aromatic rings. The third-order valence-corrected chi connectivity index (χ3v) is 3.44. The van der Waals surface area contributed by atoms with E-state index in [4.69, 9.17) is 4.42 Å². The van der Waals surface area contributed by atoms with Crippen molar-refractivity contribution in [3.8, 4) is 0 Å². The topological polar surface area (TPSA) is 97.1 Å². The van der Waals surface area contributed by atoms with Crippen LogP contribution < -0.4 is 10.6 Å². The van der Waals surface area contributed by atoms with Crippen molar-refractivity contribution in [2.45, 2.75) is 6.42 Å². The Balaban J connectivity index is 1.52. The Kier molecular flexibility index (Phi) is 5.16. The van der Waals surface area contributed by atoms with E-state index in [-0.39, 0.29) is 23.5 Å². The van der Waals surface area contributed by atoms with Gasteiger partial charge in [-0.2, -0.15) is 4.98 Å². The van der Waals surface area contributed by atoms with Crippen LogP contribution in [-0.2, 0) is 6.42 Å². The SMILES string of the molecule is O=C(Nc1nc(C(=O)NCCc2ccncc2)co1)c1ccccc1. The van der Waals surface area contributed by atoms with Crippen LogP contribution in [0, 0.1) is 0 Å². The van der Waals surface area contributed by atoms with Gasteiger partial charge in [0.05, 0.1) is 0 Å². The van der Waals surface area contributed by atoms with Gasteiger partial charge in [0.2, 0.25) is 0 Å². The molecule has 0 bridgehead atoms. The van der Waals surface area contributed by atoms with Gasteiger partial charge in [-0.25, -0.2) is 0 Å². The van der Waals surface area contributed by atoms with Crippen LogP contribution in [0.1, 0.15) is 26.4 Å². The van der Waals surface area contributed by atoms with Gasteiger partial charge in [0, 0.05) is 24.5 Å². The Bertz CT molecular complexity index is 847. The molecule has 1 aromatic carbocycles. The molecule has 126 valence electrons. The van der Waals surface area contributed by atoms with Gasteiger partial charge in [-0.1, -0.05) is 18.2 Å². The van der Waals surface area contributed by atoms with Crippen molar-refractivity contribution in [1.29, 1.82) is 0 Å². The van der Waals surface area contributed by atoms with Gasteiger partial charge in [-0.15, -0.1) is 0 Å². The summed E-state index contributed by atoms with van der Waals surface area (Å²) in [7, 11) is 0. The first kappa shape index (κ1) is 16.4. The number of carbonyl (C=O) groups excluding carboxylic acids is 2. The molecular weight excluding hydrogens is 320 g/mol. The minimum atomic E-state index is -0.363. The first-order valence-corrected chi connectivity index (χ1v) is 7.71. The van der Waals surface area contributed by atoms with Crippen molar-refractivity contribution in [2.24, 2.45) is 0 Å². The average molecular weight is 336 g/mol. The number of aromatic nitrogens is 2. The van der Waals surface area contributed by atoms with Gasteiger partial charge in [-0.3, -0.25) is 19.9 Å². The second-order valence-electron chi connectivity index (χ2n) is 5.22. The zero-order valence-electron chi connectivity index (χ0n) is 13.3. The lowest BCUT2D eigenvalue weighted by atomic mass is 10.2. The van der Waals surface area contributed by atoms with Gasteiger partial charge in [0.15, 0.2) is 5.69 Å². The Labute approximate surface area is 144 Å². The number of rotatable bonds is 6. The molecule has 0 saturated carbocycles. The Morgan fingerprint density at radius 3 is 2.52 bits per heavy atom. The molecule has 2 N–H and O–H groups in total. The minimum Gasteiger partial charge on any atom is -0.431 e. The van der Waals surface area contributed by atoms with E-state index in [1.54, 1.807) is 36.7 Å². The molecule has 0 aliphatic heterocycles. The molecule has 0 fully saturated rings. The van der Waals surface area contributed by atoms with E-state index in [1.165, 1.54) is 6.26 Å². The van der Waals surface area contributed by atoms with Crippen LogP contribution in [-0.4, -0.2) is 28.3 Å². The van der Waals surface area contributed by atoms with Crippen LogP contribution in [0.5, 0.6) is 0 Å². The van der Waals surface area contributed by atoms with Crippen molar-refractivity contribution < 1.29 is 14.0 Å². The van der Waals surface area contributed by atoms with E-state index >= 15 is 0 Å². The third-order valence-electron chi connectivity index (χ3n) is 3.44. The molecule has 0 aliphatic rings. The highest BCUT2D eigenvalue weighted by atomic mass is 16.4. The highest BCUT2D eigenvalue weighted by Gasteiger charge is 2.14. The number of oxazole rings is 1. The number of hydrogen-bond donors (Lipinski definition) is 2. The summed E-state index contributed by atoms with van der Waals surface area (Å²) in [6, 6.07) is 12.4. The van der Waals surface area contributed by atoms with E-state index in [0.29, 0.717) is 18.5 Å². The van der Waals surface area contributed by atoms with E-state index in [2.05, 4.69) is 20.6 Å². The second kappa shape index (κ2) is 7.87. The quantitative estimate of drug-likeness (QED) is 0.720. The molecule has 7 heteroatoms. The lowest BCUT2D eigenvalue weighted by molar-refractivity contribution is 0.0948. The minimum absolute atomic E-state index is 0.0202. The number of hydrogen-bond acceptors (Lipinski definition) is 5. The predicted molar refractivity (Wildman–Crippen MR) is 91.2 cm³/mol. The maximum Gasteiger partial charge on any atom is 0.302 e. The fourth-order valence-corrected chi connectivity index (χ4v) is 2.15. The molecule has 0 unspecified atom stereocenters. The predicted octanol–water partition coefficient (Wildman–Crippen LogP) is 2.29. The molecule has 25 heavy (non-hydrogen) atoms. The normalized spacial score (nSPS) is 10.2. The molecule has 0 atom stereocenters. The molecule has 0 spiro atoms. The molecule has 2 amide bonds. The first-order valence-electron chi connectivity index (χ1n) is 7.71. The van der Waals surface area contributed by atoms with E-state index in [9.17, 15) is 9.59 Å². The molecule has 7 nitrogen and oxygen atoms in total. The van der Waals surface area contributed by atoms with E-state index in [0.717, 1.165) is 5.56 Å². The van der Waals surface area contributed by atoms with Crippen molar-refractivity contribution in [3.63, 3.8) is 0 Å². The highest BCUT2D eigenvalue weighted by molar-refractivity contribution is 6.03. The van der Waals surface area contributed by atoms with Crippen molar-refractivity contribution >= 4 is 17.8 Å². The molecule has 0 radical (unpaired) electrons.